The van der Waals surface area contributed by atoms with E-state index < -0.39 is 0 Å². The van der Waals surface area contributed by atoms with Crippen molar-refractivity contribution in [1.29, 1.82) is 0 Å². The zero-order valence-electron chi connectivity index (χ0n) is 10.1. The molecule has 2 heteroatoms. The molecule has 17 heavy (non-hydrogen) atoms. The van der Waals surface area contributed by atoms with E-state index >= 15 is 0 Å². The zero-order valence-corrected chi connectivity index (χ0v) is 10.9. The van der Waals surface area contributed by atoms with Gasteiger partial charge in [-0.1, -0.05) is 23.8 Å². The van der Waals surface area contributed by atoms with Crippen LogP contribution < -0.4 is 5.32 Å². The van der Waals surface area contributed by atoms with E-state index in [9.17, 15) is 0 Å². The van der Waals surface area contributed by atoms with Gasteiger partial charge in [0.15, 0.2) is 0 Å². The minimum Gasteiger partial charge on any atom is -0.385 e. The van der Waals surface area contributed by atoms with E-state index in [2.05, 4.69) is 30.5 Å². The molecule has 1 aromatic carbocycles. The molecule has 2 aliphatic carbocycles. The third kappa shape index (κ3) is 2.21. The lowest BCUT2D eigenvalue weighted by Crippen LogP contribution is -2.18. The molecule has 0 spiro atoms. The zero-order chi connectivity index (χ0) is 11.8. The van der Waals surface area contributed by atoms with Crippen LogP contribution in [0.2, 0.25) is 5.02 Å². The first kappa shape index (κ1) is 11.2. The summed E-state index contributed by atoms with van der Waals surface area (Å²) < 4.78 is 0. The highest BCUT2D eigenvalue weighted by Crippen LogP contribution is 2.43. The fourth-order valence-electron chi connectivity index (χ4n) is 3.20. The highest BCUT2D eigenvalue weighted by Gasteiger charge is 2.35. The van der Waals surface area contributed by atoms with Crippen LogP contribution in [0.1, 0.15) is 18.4 Å². The van der Waals surface area contributed by atoms with Crippen LogP contribution in [-0.2, 0) is 0 Å². The molecule has 0 aromatic heterocycles. The highest BCUT2D eigenvalue weighted by molar-refractivity contribution is 6.30. The Morgan fingerprint density at radius 2 is 2.18 bits per heavy atom. The summed E-state index contributed by atoms with van der Waals surface area (Å²) in [6.45, 7) is 3.20. The lowest BCUT2D eigenvalue weighted by molar-refractivity contribution is 0.472. The second kappa shape index (κ2) is 4.38. The van der Waals surface area contributed by atoms with Crippen molar-refractivity contribution in [2.75, 3.05) is 11.9 Å². The molecule has 90 valence electrons. The summed E-state index contributed by atoms with van der Waals surface area (Å²) >= 11 is 5.96. The standard InChI is InChI=1S/C15H18ClN/c1-10-6-14(16)4-5-15(10)17-9-13-8-11-2-3-12(13)7-11/h2-6,11-13,17H,7-9H2,1H3. The molecule has 0 saturated heterocycles. The molecule has 3 unspecified atom stereocenters. The number of halogens is 1. The van der Waals surface area contributed by atoms with E-state index in [0.717, 1.165) is 29.3 Å². The Kier molecular flexibility index (Phi) is 2.87. The molecule has 1 N–H and O–H groups in total. The van der Waals surface area contributed by atoms with Crippen molar-refractivity contribution in [3.63, 3.8) is 0 Å². The SMILES string of the molecule is Cc1cc(Cl)ccc1NCC1CC2C=CC1C2. The minimum atomic E-state index is 0.816. The molecule has 3 rings (SSSR count). The molecule has 2 bridgehead atoms. The van der Waals surface area contributed by atoms with Crippen molar-refractivity contribution in [3.8, 4) is 0 Å². The largest absolute Gasteiger partial charge is 0.385 e. The average molecular weight is 248 g/mol. The Morgan fingerprint density at radius 1 is 1.29 bits per heavy atom. The van der Waals surface area contributed by atoms with Crippen LogP contribution >= 0.6 is 11.6 Å². The molecule has 0 heterocycles. The quantitative estimate of drug-likeness (QED) is 0.787. The first-order valence-electron chi connectivity index (χ1n) is 6.41. The lowest BCUT2D eigenvalue weighted by Gasteiger charge is -2.20. The molecule has 2 aliphatic rings. The number of allylic oxidation sites excluding steroid dienone is 2. The fourth-order valence-corrected chi connectivity index (χ4v) is 3.42. The van der Waals surface area contributed by atoms with Crippen molar-refractivity contribution in [2.45, 2.75) is 19.8 Å². The maximum atomic E-state index is 5.96. The van der Waals surface area contributed by atoms with E-state index in [4.69, 9.17) is 11.6 Å². The number of hydrogen-bond acceptors (Lipinski definition) is 1. The number of nitrogens with one attached hydrogen (secondary N) is 1. The first-order chi connectivity index (χ1) is 8.22. The van der Waals surface area contributed by atoms with Gasteiger partial charge in [-0.3, -0.25) is 0 Å². The predicted molar refractivity (Wildman–Crippen MR) is 73.5 cm³/mol. The number of aryl methyl sites for hydroxylation is 1. The van der Waals surface area contributed by atoms with Gasteiger partial charge in [0.25, 0.3) is 0 Å². The van der Waals surface area contributed by atoms with Crippen LogP contribution in [0.25, 0.3) is 0 Å². The highest BCUT2D eigenvalue weighted by atomic mass is 35.5. The Hall–Kier alpha value is -0.950. The summed E-state index contributed by atoms with van der Waals surface area (Å²) in [5.74, 6) is 2.50. The molecular formula is C15H18ClN. The van der Waals surface area contributed by atoms with Crippen molar-refractivity contribution < 1.29 is 0 Å². The summed E-state index contributed by atoms with van der Waals surface area (Å²) in [5, 5.41) is 4.39. The van der Waals surface area contributed by atoms with Crippen molar-refractivity contribution in [2.24, 2.45) is 17.8 Å². The summed E-state index contributed by atoms with van der Waals surface area (Å²) in [7, 11) is 0. The van der Waals surface area contributed by atoms with Crippen molar-refractivity contribution >= 4 is 17.3 Å². The van der Waals surface area contributed by atoms with Gasteiger partial charge in [0.05, 0.1) is 0 Å². The number of fused-ring (bicyclic) bond motifs is 2. The van der Waals surface area contributed by atoms with Crippen LogP contribution in [0.5, 0.6) is 0 Å². The average Bonchev–Trinajstić information content (AvgIpc) is 2.89. The number of hydrogen-bond donors (Lipinski definition) is 1. The van der Waals surface area contributed by atoms with Crippen LogP contribution in [0.4, 0.5) is 5.69 Å². The number of benzene rings is 1. The topological polar surface area (TPSA) is 12.0 Å². The van der Waals surface area contributed by atoms with Gasteiger partial charge in [-0.25, -0.2) is 0 Å². The normalized spacial score (nSPS) is 29.9. The third-order valence-corrected chi connectivity index (χ3v) is 4.39. The molecule has 1 saturated carbocycles. The summed E-state index contributed by atoms with van der Waals surface area (Å²) in [6.07, 6.45) is 7.55. The van der Waals surface area contributed by atoms with Gasteiger partial charge in [0.1, 0.15) is 0 Å². The fraction of sp³-hybridized carbons (Fsp3) is 0.467. The maximum absolute atomic E-state index is 5.96. The van der Waals surface area contributed by atoms with Crippen LogP contribution in [-0.4, -0.2) is 6.54 Å². The lowest BCUT2D eigenvalue weighted by atomic mass is 9.93. The third-order valence-electron chi connectivity index (χ3n) is 4.16. The van der Waals surface area contributed by atoms with Gasteiger partial charge in [0, 0.05) is 17.3 Å². The Morgan fingerprint density at radius 3 is 2.82 bits per heavy atom. The van der Waals surface area contributed by atoms with E-state index in [1.165, 1.54) is 24.1 Å². The smallest absolute Gasteiger partial charge is 0.0410 e. The molecule has 0 aliphatic heterocycles. The second-order valence-corrected chi connectivity index (χ2v) is 5.82. The van der Waals surface area contributed by atoms with Gasteiger partial charge < -0.3 is 5.32 Å². The number of rotatable bonds is 3. The van der Waals surface area contributed by atoms with Gasteiger partial charge >= 0.3 is 0 Å². The van der Waals surface area contributed by atoms with Gasteiger partial charge in [-0.15, -0.1) is 0 Å². The second-order valence-electron chi connectivity index (χ2n) is 5.38. The van der Waals surface area contributed by atoms with Crippen LogP contribution in [0, 0.1) is 24.7 Å². The van der Waals surface area contributed by atoms with E-state index in [1.807, 2.05) is 12.1 Å². The van der Waals surface area contributed by atoms with Crippen LogP contribution in [0.15, 0.2) is 30.4 Å². The molecule has 0 amide bonds. The summed E-state index contributed by atoms with van der Waals surface area (Å²) in [6, 6.07) is 6.06. The molecule has 0 radical (unpaired) electrons. The Bertz CT molecular complexity index is 452. The summed E-state index contributed by atoms with van der Waals surface area (Å²) in [5.41, 5.74) is 2.46. The summed E-state index contributed by atoms with van der Waals surface area (Å²) in [4.78, 5) is 0. The van der Waals surface area contributed by atoms with E-state index in [1.54, 1.807) is 0 Å². The van der Waals surface area contributed by atoms with Crippen LogP contribution in [0.3, 0.4) is 0 Å². The number of anilines is 1. The molecule has 1 fully saturated rings. The first-order valence-corrected chi connectivity index (χ1v) is 6.78. The van der Waals surface area contributed by atoms with Gasteiger partial charge in [0.2, 0.25) is 0 Å². The van der Waals surface area contributed by atoms with Crippen molar-refractivity contribution in [1.82, 2.24) is 0 Å². The Balaban J connectivity index is 1.62. The van der Waals surface area contributed by atoms with Gasteiger partial charge in [-0.2, -0.15) is 0 Å². The molecule has 1 nitrogen and oxygen atoms in total. The van der Waals surface area contributed by atoms with E-state index in [0.29, 0.717) is 0 Å². The molecular weight excluding hydrogens is 230 g/mol. The minimum absolute atomic E-state index is 0.816. The molecule has 1 aromatic rings. The van der Waals surface area contributed by atoms with Gasteiger partial charge in [-0.05, 0) is 61.3 Å². The van der Waals surface area contributed by atoms with E-state index in [-0.39, 0.29) is 0 Å². The van der Waals surface area contributed by atoms with Crippen molar-refractivity contribution in [3.05, 3.63) is 40.9 Å². The monoisotopic (exact) mass is 247 g/mol. The Labute approximate surface area is 108 Å². The molecule has 3 atom stereocenters. The maximum Gasteiger partial charge on any atom is 0.0410 e. The predicted octanol–water partition coefficient (Wildman–Crippen LogP) is 4.27.